The predicted molar refractivity (Wildman–Crippen MR) is 161 cm³/mol. The lowest BCUT2D eigenvalue weighted by Crippen LogP contribution is -2.58. The molecule has 0 spiro atoms. The van der Waals surface area contributed by atoms with Crippen LogP contribution in [-0.2, 0) is 9.53 Å². The van der Waals surface area contributed by atoms with E-state index in [0.717, 1.165) is 31.6 Å². The van der Waals surface area contributed by atoms with Gasteiger partial charge in [-0.1, -0.05) is 18.2 Å². The molecule has 0 saturated carbocycles. The highest BCUT2D eigenvalue weighted by atomic mass is 35.5. The number of hydrogen-bond acceptors (Lipinski definition) is 7. The molecule has 0 radical (unpaired) electrons. The molecule has 3 aliphatic rings. The van der Waals surface area contributed by atoms with Crippen molar-refractivity contribution in [1.29, 1.82) is 0 Å². The third-order valence-corrected chi connectivity index (χ3v) is 8.97. The number of likely N-dealkylation sites (tertiary alicyclic amines) is 1. The lowest BCUT2D eigenvalue weighted by atomic mass is 9.99. The first-order valence-electron chi connectivity index (χ1n) is 14.4. The number of hydrogen-bond donors (Lipinski definition) is 0. The molecule has 2 fully saturated rings. The molecule has 12 heteroatoms. The van der Waals surface area contributed by atoms with Gasteiger partial charge >= 0.3 is 5.69 Å². The number of benzene rings is 2. The molecular formula is C31H34ClF2N5O4. The van der Waals surface area contributed by atoms with Gasteiger partial charge in [0.2, 0.25) is 5.91 Å². The Bertz CT molecular complexity index is 1670. The lowest BCUT2D eigenvalue weighted by Gasteiger charge is -2.45. The summed E-state index contributed by atoms with van der Waals surface area (Å²) in [6.45, 7) is 10.4. The number of carbonyl (C=O) groups is 1. The van der Waals surface area contributed by atoms with E-state index in [1.165, 1.54) is 12.1 Å². The highest BCUT2D eigenvalue weighted by Crippen LogP contribution is 2.47. The van der Waals surface area contributed by atoms with E-state index in [0.29, 0.717) is 29.8 Å². The molecule has 1 aromatic heterocycles. The summed E-state index contributed by atoms with van der Waals surface area (Å²) in [6.07, 6.45) is 2.23. The van der Waals surface area contributed by atoms with E-state index in [9.17, 15) is 14.0 Å². The van der Waals surface area contributed by atoms with Crippen LogP contribution in [-0.4, -0.2) is 89.9 Å². The Hall–Kier alpha value is -3.54. The molecule has 3 aromatic rings. The van der Waals surface area contributed by atoms with Crippen molar-refractivity contribution in [3.63, 3.8) is 0 Å². The standard InChI is InChI=1S/C31H34ClF2N5O4/c1-5-26(40)37-12-18(3)38(13-17(37)2)30-23-11-24(32)27(22-7-6-19(33)10-25(22)34)29-28(23)39(31(41)35-30)20(16-43-29)15-42-21-8-9-36(4)14-21/h5-7,10-11,17-18,20-21H,1,8-9,12-16H2,2-4H3/t17-,18+,20-,21+/m1/s1. The molecule has 4 atom stereocenters. The fourth-order valence-electron chi connectivity index (χ4n) is 6.47. The molecule has 1 amide bonds. The van der Waals surface area contributed by atoms with Gasteiger partial charge in [-0.25, -0.2) is 13.6 Å². The van der Waals surface area contributed by atoms with Crippen molar-refractivity contribution in [3.8, 4) is 16.9 Å². The summed E-state index contributed by atoms with van der Waals surface area (Å²) in [7, 11) is 2.04. The zero-order chi connectivity index (χ0) is 30.6. The first-order valence-corrected chi connectivity index (χ1v) is 14.8. The number of nitrogens with zero attached hydrogens (tertiary/aromatic N) is 5. The highest BCUT2D eigenvalue weighted by Gasteiger charge is 2.36. The third-order valence-electron chi connectivity index (χ3n) is 8.67. The minimum absolute atomic E-state index is 0.0378. The van der Waals surface area contributed by atoms with E-state index >= 15 is 4.39 Å². The topological polar surface area (TPSA) is 80.1 Å². The fraction of sp³-hybridized carbons (Fsp3) is 0.452. The van der Waals surface area contributed by atoms with Crippen molar-refractivity contribution < 1.29 is 23.0 Å². The third kappa shape index (κ3) is 5.27. The van der Waals surface area contributed by atoms with E-state index in [1.807, 2.05) is 25.8 Å². The number of amides is 1. The Morgan fingerprint density at radius 1 is 1.21 bits per heavy atom. The van der Waals surface area contributed by atoms with Crippen molar-refractivity contribution in [2.75, 3.05) is 51.3 Å². The van der Waals surface area contributed by atoms with Crippen LogP contribution in [0, 0.1) is 11.6 Å². The molecule has 0 N–H and O–H groups in total. The second-order valence-corrected chi connectivity index (χ2v) is 12.1. The molecule has 2 aromatic carbocycles. The van der Waals surface area contributed by atoms with Crippen molar-refractivity contribution in [2.24, 2.45) is 0 Å². The summed E-state index contributed by atoms with van der Waals surface area (Å²) in [5.41, 5.74) is 0.215. The highest BCUT2D eigenvalue weighted by molar-refractivity contribution is 6.35. The number of ether oxygens (including phenoxy) is 2. The quantitative estimate of drug-likeness (QED) is 0.385. The molecular weight excluding hydrogens is 580 g/mol. The SMILES string of the molecule is C=CC(=O)N1C[C@H](C)N(c2nc(=O)n3c4c(c(-c5ccc(F)cc5F)c(Cl)cc24)OC[C@H]3CO[C@H]2CCN(C)C2)C[C@H]1C. The zero-order valence-corrected chi connectivity index (χ0v) is 25.1. The van der Waals surface area contributed by atoms with Gasteiger partial charge in [0.25, 0.3) is 0 Å². The van der Waals surface area contributed by atoms with Crippen molar-refractivity contribution in [1.82, 2.24) is 19.4 Å². The molecule has 0 aliphatic carbocycles. The summed E-state index contributed by atoms with van der Waals surface area (Å²) in [4.78, 5) is 36.8. The number of carbonyl (C=O) groups excluding carboxylic acids is 1. The van der Waals surface area contributed by atoms with E-state index in [2.05, 4.69) is 16.5 Å². The Balaban J connectivity index is 1.51. The molecule has 228 valence electrons. The average Bonchev–Trinajstić information content (AvgIpc) is 3.40. The Morgan fingerprint density at radius 2 is 2.00 bits per heavy atom. The van der Waals surface area contributed by atoms with Gasteiger partial charge in [0.1, 0.15) is 24.1 Å². The van der Waals surface area contributed by atoms with Gasteiger partial charge in [-0.15, -0.1) is 0 Å². The maximum atomic E-state index is 15.1. The molecule has 2 saturated heterocycles. The number of rotatable bonds is 6. The van der Waals surface area contributed by atoms with Crippen LogP contribution in [0.15, 0.2) is 41.7 Å². The second-order valence-electron chi connectivity index (χ2n) is 11.7. The maximum Gasteiger partial charge on any atom is 0.350 e. The minimum Gasteiger partial charge on any atom is -0.488 e. The van der Waals surface area contributed by atoms with Crippen LogP contribution in [0.3, 0.4) is 0 Å². The number of halogens is 3. The van der Waals surface area contributed by atoms with Crippen molar-refractivity contribution in [3.05, 3.63) is 64.1 Å². The van der Waals surface area contributed by atoms with E-state index < -0.39 is 23.4 Å². The average molecular weight is 614 g/mol. The van der Waals surface area contributed by atoms with Crippen LogP contribution >= 0.6 is 11.6 Å². The number of aromatic nitrogens is 2. The molecule has 43 heavy (non-hydrogen) atoms. The van der Waals surface area contributed by atoms with E-state index in [4.69, 9.17) is 21.1 Å². The second kappa shape index (κ2) is 11.5. The van der Waals surface area contributed by atoms with Crippen LogP contribution in [0.5, 0.6) is 5.75 Å². The van der Waals surface area contributed by atoms with Gasteiger partial charge in [-0.3, -0.25) is 9.36 Å². The van der Waals surface area contributed by atoms with Crippen molar-refractivity contribution in [2.45, 2.75) is 44.5 Å². The minimum atomic E-state index is -0.800. The molecule has 4 heterocycles. The van der Waals surface area contributed by atoms with Gasteiger partial charge in [0.05, 0.1) is 29.3 Å². The molecule has 0 unspecified atom stereocenters. The van der Waals surface area contributed by atoms with Crippen LogP contribution in [0.2, 0.25) is 5.02 Å². The van der Waals surface area contributed by atoms with Gasteiger partial charge in [-0.2, -0.15) is 4.98 Å². The summed E-state index contributed by atoms with van der Waals surface area (Å²) in [5, 5.41) is 0.727. The van der Waals surface area contributed by atoms with Crippen LogP contribution in [0.25, 0.3) is 22.0 Å². The van der Waals surface area contributed by atoms with Crippen LogP contribution < -0.4 is 15.3 Å². The van der Waals surface area contributed by atoms with E-state index in [-0.39, 0.29) is 59.2 Å². The Kier molecular flexibility index (Phi) is 7.91. The van der Waals surface area contributed by atoms with Gasteiger partial charge in [-0.05, 0) is 51.6 Å². The lowest BCUT2D eigenvalue weighted by molar-refractivity contribution is -0.128. The smallest absolute Gasteiger partial charge is 0.350 e. The van der Waals surface area contributed by atoms with Crippen molar-refractivity contribution >= 4 is 34.2 Å². The summed E-state index contributed by atoms with van der Waals surface area (Å²) in [5.74, 6) is -1.05. The van der Waals surface area contributed by atoms with Gasteiger partial charge in [0, 0.05) is 60.8 Å². The Labute approximate surface area is 253 Å². The first kappa shape index (κ1) is 29.5. The normalized spacial score (nSPS) is 24.0. The van der Waals surface area contributed by atoms with Crippen LogP contribution in [0.1, 0.15) is 26.3 Å². The summed E-state index contributed by atoms with van der Waals surface area (Å²) < 4.78 is 43.0. The summed E-state index contributed by atoms with van der Waals surface area (Å²) in [6, 6.07) is 4.06. The predicted octanol–water partition coefficient (Wildman–Crippen LogP) is 4.26. The number of anilines is 1. The largest absolute Gasteiger partial charge is 0.488 e. The zero-order valence-electron chi connectivity index (χ0n) is 24.4. The molecule has 3 aliphatic heterocycles. The fourth-order valence-corrected chi connectivity index (χ4v) is 6.76. The van der Waals surface area contributed by atoms with Gasteiger partial charge in [0.15, 0.2) is 5.75 Å². The summed E-state index contributed by atoms with van der Waals surface area (Å²) >= 11 is 6.84. The maximum absolute atomic E-state index is 15.1. The van der Waals surface area contributed by atoms with Gasteiger partial charge < -0.3 is 24.2 Å². The number of likely N-dealkylation sites (N-methyl/N-ethyl adjacent to an activating group) is 1. The molecule has 6 rings (SSSR count). The van der Waals surface area contributed by atoms with Crippen LogP contribution in [0.4, 0.5) is 14.6 Å². The Morgan fingerprint density at radius 3 is 2.70 bits per heavy atom. The van der Waals surface area contributed by atoms with E-state index in [1.54, 1.807) is 15.5 Å². The molecule has 0 bridgehead atoms. The monoisotopic (exact) mass is 613 g/mol. The number of piperazine rings is 1. The first-order chi connectivity index (χ1) is 20.6. The molecule has 9 nitrogen and oxygen atoms in total.